The molecule has 0 aliphatic rings. The van der Waals surface area contributed by atoms with Gasteiger partial charge >= 0.3 is 0 Å². The van der Waals surface area contributed by atoms with Crippen molar-refractivity contribution < 1.29 is 4.79 Å². The third kappa shape index (κ3) is 4.13. The van der Waals surface area contributed by atoms with Gasteiger partial charge < -0.3 is 10.2 Å². The number of carbonyl (C=O) groups excluding carboxylic acids is 1. The molecule has 1 atom stereocenters. The molecule has 1 heterocycles. The molecular weight excluding hydrogens is 308 g/mol. The fraction of sp³-hybridized carbons (Fsp3) is 0.471. The Balaban J connectivity index is 2.27. The average Bonchev–Trinajstić information content (AvgIpc) is 2.56. The predicted molar refractivity (Wildman–Crippen MR) is 96.9 cm³/mol. The highest BCUT2D eigenvalue weighted by molar-refractivity contribution is 8.00. The Morgan fingerprint density at radius 3 is 2.57 bits per heavy atom. The summed E-state index contributed by atoms with van der Waals surface area (Å²) in [4.78, 5) is 23.4. The van der Waals surface area contributed by atoms with E-state index in [-0.39, 0.29) is 11.2 Å². The van der Waals surface area contributed by atoms with Gasteiger partial charge in [-0.3, -0.25) is 4.79 Å². The number of nitrogens with one attached hydrogen (secondary N) is 1. The number of rotatable bonds is 7. The summed E-state index contributed by atoms with van der Waals surface area (Å²) in [5, 5.41) is 4.71. The van der Waals surface area contributed by atoms with Crippen molar-refractivity contribution in [2.45, 2.75) is 38.1 Å². The van der Waals surface area contributed by atoms with E-state index in [4.69, 9.17) is 0 Å². The molecule has 124 valence electrons. The Bertz CT molecular complexity index is 673. The van der Waals surface area contributed by atoms with Crippen LogP contribution in [0.4, 0.5) is 5.82 Å². The van der Waals surface area contributed by atoms with E-state index < -0.39 is 0 Å². The summed E-state index contributed by atoms with van der Waals surface area (Å²) in [5.74, 6) is 0.949. The van der Waals surface area contributed by atoms with E-state index in [1.807, 2.05) is 56.9 Å². The van der Waals surface area contributed by atoms with Crippen molar-refractivity contribution in [3.05, 3.63) is 24.3 Å². The number of aromatic nitrogens is 2. The lowest BCUT2D eigenvalue weighted by Crippen LogP contribution is -2.36. The van der Waals surface area contributed by atoms with Crippen LogP contribution in [0.3, 0.4) is 0 Å². The van der Waals surface area contributed by atoms with Gasteiger partial charge in [-0.05, 0) is 39.8 Å². The van der Waals surface area contributed by atoms with E-state index >= 15 is 0 Å². The maximum absolute atomic E-state index is 12.4. The minimum absolute atomic E-state index is 0.127. The first kappa shape index (κ1) is 17.5. The molecule has 23 heavy (non-hydrogen) atoms. The molecule has 2 rings (SSSR count). The second-order valence-corrected chi connectivity index (χ2v) is 6.48. The number of benzene rings is 1. The highest BCUT2D eigenvalue weighted by atomic mass is 32.2. The highest BCUT2D eigenvalue weighted by Gasteiger charge is 2.21. The molecule has 1 aromatic carbocycles. The van der Waals surface area contributed by atoms with Gasteiger partial charge in [0.1, 0.15) is 5.82 Å². The average molecular weight is 332 g/mol. The standard InChI is InChI=1S/C17H24N4OS/c1-5-18-15-13-10-8-9-11-14(13)19-17(20-15)23-12(4)16(22)21(6-2)7-3/h8-12H,5-7H2,1-4H3,(H,18,19,20). The molecule has 0 aliphatic carbocycles. The van der Waals surface area contributed by atoms with Gasteiger partial charge in [-0.2, -0.15) is 0 Å². The summed E-state index contributed by atoms with van der Waals surface area (Å²) in [5.41, 5.74) is 0.892. The zero-order valence-electron chi connectivity index (χ0n) is 14.2. The number of hydrogen-bond acceptors (Lipinski definition) is 5. The number of hydrogen-bond donors (Lipinski definition) is 1. The van der Waals surface area contributed by atoms with E-state index in [2.05, 4.69) is 15.3 Å². The molecular formula is C17H24N4OS. The lowest BCUT2D eigenvalue weighted by atomic mass is 10.2. The van der Waals surface area contributed by atoms with Crippen LogP contribution >= 0.6 is 11.8 Å². The van der Waals surface area contributed by atoms with Crippen LogP contribution in [-0.2, 0) is 4.79 Å². The third-order valence-electron chi connectivity index (χ3n) is 3.63. The maximum atomic E-state index is 12.4. The van der Waals surface area contributed by atoms with Crippen molar-refractivity contribution in [3.8, 4) is 0 Å². The van der Waals surface area contributed by atoms with Gasteiger partial charge in [0.05, 0.1) is 10.8 Å². The van der Waals surface area contributed by atoms with Crippen molar-refractivity contribution in [2.75, 3.05) is 25.0 Å². The zero-order valence-corrected chi connectivity index (χ0v) is 15.0. The summed E-state index contributed by atoms with van der Waals surface area (Å²) in [6.07, 6.45) is 0. The smallest absolute Gasteiger partial charge is 0.235 e. The van der Waals surface area contributed by atoms with E-state index in [0.29, 0.717) is 5.16 Å². The maximum Gasteiger partial charge on any atom is 0.235 e. The predicted octanol–water partition coefficient (Wildman–Crippen LogP) is 3.41. The number of amides is 1. The monoisotopic (exact) mass is 332 g/mol. The zero-order chi connectivity index (χ0) is 16.8. The first-order chi connectivity index (χ1) is 11.1. The summed E-state index contributed by atoms with van der Waals surface area (Å²) < 4.78 is 0. The Kier molecular flexibility index (Phi) is 6.21. The van der Waals surface area contributed by atoms with E-state index in [9.17, 15) is 4.79 Å². The normalized spacial score (nSPS) is 12.2. The van der Waals surface area contributed by atoms with Gasteiger partial charge in [0.2, 0.25) is 5.91 Å². The second-order valence-electron chi connectivity index (χ2n) is 5.17. The van der Waals surface area contributed by atoms with E-state index in [0.717, 1.165) is 36.4 Å². The summed E-state index contributed by atoms with van der Waals surface area (Å²) in [6, 6.07) is 7.92. The van der Waals surface area contributed by atoms with Crippen LogP contribution in [0, 0.1) is 0 Å². The van der Waals surface area contributed by atoms with Gasteiger partial charge in [0.15, 0.2) is 5.16 Å². The Morgan fingerprint density at radius 2 is 1.91 bits per heavy atom. The summed E-state index contributed by atoms with van der Waals surface area (Å²) in [7, 11) is 0. The molecule has 0 saturated heterocycles. The lowest BCUT2D eigenvalue weighted by Gasteiger charge is -2.22. The fourth-order valence-corrected chi connectivity index (χ4v) is 3.27. The Morgan fingerprint density at radius 1 is 1.22 bits per heavy atom. The van der Waals surface area contributed by atoms with Gasteiger partial charge in [0, 0.05) is 25.0 Å². The first-order valence-corrected chi connectivity index (χ1v) is 8.94. The molecule has 1 amide bonds. The van der Waals surface area contributed by atoms with Gasteiger partial charge in [0.25, 0.3) is 0 Å². The molecule has 0 saturated carbocycles. The molecule has 1 aromatic heterocycles. The molecule has 0 fully saturated rings. The number of nitrogens with zero attached hydrogens (tertiary/aromatic N) is 3. The number of para-hydroxylation sites is 1. The fourth-order valence-electron chi connectivity index (χ4n) is 2.41. The molecule has 0 bridgehead atoms. The summed E-state index contributed by atoms with van der Waals surface area (Å²) >= 11 is 1.41. The van der Waals surface area contributed by atoms with Crippen molar-refractivity contribution >= 4 is 34.4 Å². The van der Waals surface area contributed by atoms with Crippen LogP contribution in [-0.4, -0.2) is 45.7 Å². The van der Waals surface area contributed by atoms with E-state index in [1.165, 1.54) is 11.8 Å². The molecule has 6 heteroatoms. The Labute approximate surface area is 141 Å². The van der Waals surface area contributed by atoms with Gasteiger partial charge in [-0.25, -0.2) is 9.97 Å². The molecule has 0 spiro atoms. The molecule has 0 aliphatic heterocycles. The van der Waals surface area contributed by atoms with Crippen LogP contribution in [0.15, 0.2) is 29.4 Å². The van der Waals surface area contributed by atoms with Gasteiger partial charge in [-0.1, -0.05) is 23.9 Å². The number of thioether (sulfide) groups is 1. The largest absolute Gasteiger partial charge is 0.370 e. The second kappa shape index (κ2) is 8.15. The van der Waals surface area contributed by atoms with Crippen molar-refractivity contribution in [2.24, 2.45) is 0 Å². The first-order valence-electron chi connectivity index (χ1n) is 8.06. The molecule has 0 radical (unpaired) electrons. The van der Waals surface area contributed by atoms with Crippen molar-refractivity contribution in [1.29, 1.82) is 0 Å². The third-order valence-corrected chi connectivity index (χ3v) is 4.58. The van der Waals surface area contributed by atoms with Crippen LogP contribution in [0.5, 0.6) is 0 Å². The molecule has 5 nitrogen and oxygen atoms in total. The highest BCUT2D eigenvalue weighted by Crippen LogP contribution is 2.27. The molecule has 1 N–H and O–H groups in total. The number of fused-ring (bicyclic) bond motifs is 1. The number of anilines is 1. The minimum atomic E-state index is -0.203. The number of carbonyl (C=O) groups is 1. The topological polar surface area (TPSA) is 58.1 Å². The Hall–Kier alpha value is -1.82. The van der Waals surface area contributed by atoms with Crippen LogP contribution in [0.2, 0.25) is 0 Å². The minimum Gasteiger partial charge on any atom is -0.370 e. The molecule has 1 unspecified atom stereocenters. The summed E-state index contributed by atoms with van der Waals surface area (Å²) in [6.45, 7) is 10.2. The SMILES string of the molecule is CCNc1nc(SC(C)C(=O)N(CC)CC)nc2ccccc12. The lowest BCUT2D eigenvalue weighted by molar-refractivity contribution is -0.129. The van der Waals surface area contributed by atoms with Gasteiger partial charge in [-0.15, -0.1) is 0 Å². The van der Waals surface area contributed by atoms with E-state index in [1.54, 1.807) is 0 Å². The van der Waals surface area contributed by atoms with Crippen molar-refractivity contribution in [3.63, 3.8) is 0 Å². The van der Waals surface area contributed by atoms with Crippen LogP contribution in [0.1, 0.15) is 27.7 Å². The molecule has 2 aromatic rings. The van der Waals surface area contributed by atoms with Crippen LogP contribution < -0.4 is 5.32 Å². The quantitative estimate of drug-likeness (QED) is 0.622. The van der Waals surface area contributed by atoms with Crippen molar-refractivity contribution in [1.82, 2.24) is 14.9 Å². The van der Waals surface area contributed by atoms with Crippen LogP contribution in [0.25, 0.3) is 10.9 Å².